The van der Waals surface area contributed by atoms with Gasteiger partial charge >= 0.3 is 0 Å². The first-order valence-corrected chi connectivity index (χ1v) is 10.8. The molecule has 2 aromatic carbocycles. The molecule has 0 atom stereocenters. The van der Waals surface area contributed by atoms with E-state index in [0.717, 1.165) is 10.4 Å². The van der Waals surface area contributed by atoms with Crippen molar-refractivity contribution in [3.05, 3.63) is 88.2 Å². The average molecular weight is 435 g/mol. The maximum absolute atomic E-state index is 13.0. The van der Waals surface area contributed by atoms with E-state index in [1.54, 1.807) is 31.4 Å². The number of nitrogens with one attached hydrogen (secondary N) is 2. The quantitative estimate of drug-likeness (QED) is 0.506. The lowest BCUT2D eigenvalue weighted by Gasteiger charge is -2.19. The zero-order valence-electron chi connectivity index (χ0n) is 18.1. The second-order valence-corrected chi connectivity index (χ2v) is 8.94. The topological polar surface area (TPSA) is 67.4 Å². The van der Waals surface area contributed by atoms with Crippen molar-refractivity contribution in [3.8, 4) is 5.75 Å². The molecular formula is C25H26N2O3S. The molecule has 3 rings (SSSR count). The van der Waals surface area contributed by atoms with Crippen molar-refractivity contribution >= 4 is 34.4 Å². The summed E-state index contributed by atoms with van der Waals surface area (Å²) in [5.74, 6) is -0.0562. The summed E-state index contributed by atoms with van der Waals surface area (Å²) in [6.45, 7) is 6.37. The summed E-state index contributed by atoms with van der Waals surface area (Å²) in [7, 11) is 1.55. The Morgan fingerprint density at radius 3 is 2.29 bits per heavy atom. The second-order valence-electron chi connectivity index (χ2n) is 7.99. The Kier molecular flexibility index (Phi) is 6.92. The van der Waals surface area contributed by atoms with Gasteiger partial charge in [-0.1, -0.05) is 51.1 Å². The Labute approximate surface area is 186 Å². The second kappa shape index (κ2) is 9.62. The fraction of sp³-hybridized carbons (Fsp3) is 0.200. The van der Waals surface area contributed by atoms with Crippen LogP contribution in [-0.2, 0) is 10.2 Å². The molecule has 0 aliphatic heterocycles. The van der Waals surface area contributed by atoms with Crippen molar-refractivity contribution in [2.45, 2.75) is 26.2 Å². The number of rotatable bonds is 6. The van der Waals surface area contributed by atoms with Gasteiger partial charge in [-0.25, -0.2) is 0 Å². The molecule has 160 valence electrons. The number of hydrogen-bond acceptors (Lipinski definition) is 4. The molecule has 0 spiro atoms. The number of thiophene rings is 1. The van der Waals surface area contributed by atoms with Gasteiger partial charge in [0.25, 0.3) is 11.8 Å². The number of carbonyl (C=O) groups is 2. The van der Waals surface area contributed by atoms with Crippen LogP contribution in [-0.4, -0.2) is 18.9 Å². The Morgan fingerprint density at radius 2 is 1.68 bits per heavy atom. The van der Waals surface area contributed by atoms with Gasteiger partial charge in [-0.3, -0.25) is 9.59 Å². The van der Waals surface area contributed by atoms with E-state index in [1.807, 2.05) is 41.8 Å². The van der Waals surface area contributed by atoms with Crippen LogP contribution in [0.3, 0.4) is 0 Å². The van der Waals surface area contributed by atoms with Gasteiger partial charge < -0.3 is 15.4 Å². The van der Waals surface area contributed by atoms with E-state index in [2.05, 4.69) is 31.4 Å². The minimum Gasteiger partial charge on any atom is -0.495 e. The zero-order chi connectivity index (χ0) is 22.4. The van der Waals surface area contributed by atoms with Crippen molar-refractivity contribution in [2.75, 3.05) is 12.4 Å². The van der Waals surface area contributed by atoms with Gasteiger partial charge in [-0.05, 0) is 46.7 Å². The van der Waals surface area contributed by atoms with Gasteiger partial charge in [0.2, 0.25) is 0 Å². The van der Waals surface area contributed by atoms with Crippen LogP contribution in [0.1, 0.15) is 41.6 Å². The van der Waals surface area contributed by atoms with Crippen LogP contribution in [0.4, 0.5) is 5.69 Å². The van der Waals surface area contributed by atoms with Crippen LogP contribution in [0.2, 0.25) is 0 Å². The molecule has 6 heteroatoms. The first-order valence-electron chi connectivity index (χ1n) is 9.89. The zero-order valence-corrected chi connectivity index (χ0v) is 18.9. The average Bonchev–Trinajstić information content (AvgIpc) is 3.28. The number of benzene rings is 2. The number of hydrogen-bond donors (Lipinski definition) is 2. The first kappa shape index (κ1) is 22.3. The van der Waals surface area contributed by atoms with Crippen molar-refractivity contribution in [1.82, 2.24) is 5.32 Å². The third kappa shape index (κ3) is 5.61. The molecule has 2 N–H and O–H groups in total. The summed E-state index contributed by atoms with van der Waals surface area (Å²) in [6, 6.07) is 18.4. The van der Waals surface area contributed by atoms with Gasteiger partial charge in [0.15, 0.2) is 0 Å². The number of carbonyl (C=O) groups excluding carboxylic acids is 2. The van der Waals surface area contributed by atoms with E-state index in [1.165, 1.54) is 17.5 Å². The van der Waals surface area contributed by atoms with Crippen LogP contribution in [0, 0.1) is 0 Å². The highest BCUT2D eigenvalue weighted by Gasteiger charge is 2.17. The van der Waals surface area contributed by atoms with Crippen molar-refractivity contribution in [2.24, 2.45) is 0 Å². The Bertz CT molecular complexity index is 1080. The molecule has 2 amide bonds. The maximum atomic E-state index is 13.0. The van der Waals surface area contributed by atoms with Crippen LogP contribution in [0.5, 0.6) is 5.75 Å². The molecule has 0 saturated heterocycles. The fourth-order valence-corrected chi connectivity index (χ4v) is 3.70. The van der Waals surface area contributed by atoms with Gasteiger partial charge in [0, 0.05) is 16.6 Å². The summed E-state index contributed by atoms with van der Waals surface area (Å²) in [5.41, 5.74) is 2.61. The first-order chi connectivity index (χ1) is 14.8. The fourth-order valence-electron chi connectivity index (χ4n) is 2.96. The van der Waals surface area contributed by atoms with E-state index in [4.69, 9.17) is 4.74 Å². The van der Waals surface area contributed by atoms with Crippen molar-refractivity contribution < 1.29 is 14.3 Å². The normalized spacial score (nSPS) is 11.7. The molecule has 5 nitrogen and oxygen atoms in total. The van der Waals surface area contributed by atoms with Crippen LogP contribution < -0.4 is 15.4 Å². The third-order valence-electron chi connectivity index (χ3n) is 4.75. The molecule has 31 heavy (non-hydrogen) atoms. The standard InChI is InChI=1S/C25H26N2O3S/c1-25(2,3)18-13-11-17(12-14-18)23(28)26-16-19(22-10-7-15-31-22)24(29)27-20-8-5-6-9-21(20)30-4/h5-16H,1-4H3,(H,26,28)(H,27,29). The van der Waals surface area contributed by atoms with Gasteiger partial charge in [0.1, 0.15) is 5.75 Å². The summed E-state index contributed by atoms with van der Waals surface area (Å²) < 4.78 is 5.30. The molecule has 3 aromatic rings. The number of methoxy groups -OCH3 is 1. The molecule has 0 saturated carbocycles. The van der Waals surface area contributed by atoms with Crippen LogP contribution in [0.15, 0.2) is 72.2 Å². The number of para-hydroxylation sites is 2. The lowest BCUT2D eigenvalue weighted by molar-refractivity contribution is -0.111. The lowest BCUT2D eigenvalue weighted by Crippen LogP contribution is -2.21. The molecule has 0 unspecified atom stereocenters. The van der Waals surface area contributed by atoms with E-state index >= 15 is 0 Å². The molecule has 0 aliphatic carbocycles. The minimum absolute atomic E-state index is 0.0117. The van der Waals surface area contributed by atoms with Crippen LogP contribution in [0.25, 0.3) is 5.57 Å². The van der Waals surface area contributed by atoms with E-state index in [-0.39, 0.29) is 17.2 Å². The van der Waals surface area contributed by atoms with Gasteiger partial charge in [-0.2, -0.15) is 0 Å². The molecule has 0 bridgehead atoms. The molecule has 0 radical (unpaired) electrons. The number of anilines is 1. The molecule has 1 heterocycles. The summed E-state index contributed by atoms with van der Waals surface area (Å²) in [4.78, 5) is 26.4. The maximum Gasteiger partial charge on any atom is 0.258 e. The predicted molar refractivity (Wildman–Crippen MR) is 127 cm³/mol. The number of ether oxygens (including phenoxy) is 1. The summed E-state index contributed by atoms with van der Waals surface area (Å²) >= 11 is 1.42. The highest BCUT2D eigenvalue weighted by atomic mass is 32.1. The van der Waals surface area contributed by atoms with E-state index in [0.29, 0.717) is 22.6 Å². The molecular weight excluding hydrogens is 408 g/mol. The third-order valence-corrected chi connectivity index (χ3v) is 5.65. The minimum atomic E-state index is -0.338. The lowest BCUT2D eigenvalue weighted by atomic mass is 9.87. The Balaban J connectivity index is 1.81. The smallest absolute Gasteiger partial charge is 0.258 e. The van der Waals surface area contributed by atoms with Crippen molar-refractivity contribution in [1.29, 1.82) is 0 Å². The Hall–Kier alpha value is -3.38. The van der Waals surface area contributed by atoms with E-state index < -0.39 is 0 Å². The number of amides is 2. The molecule has 0 aliphatic rings. The molecule has 1 aromatic heterocycles. The summed E-state index contributed by atoms with van der Waals surface area (Å²) in [5, 5.41) is 7.50. The highest BCUT2D eigenvalue weighted by Crippen LogP contribution is 2.27. The highest BCUT2D eigenvalue weighted by molar-refractivity contribution is 7.11. The monoisotopic (exact) mass is 434 g/mol. The van der Waals surface area contributed by atoms with Crippen molar-refractivity contribution in [3.63, 3.8) is 0 Å². The Morgan fingerprint density at radius 1 is 0.968 bits per heavy atom. The van der Waals surface area contributed by atoms with Gasteiger partial charge in [-0.15, -0.1) is 11.3 Å². The van der Waals surface area contributed by atoms with Gasteiger partial charge in [0.05, 0.1) is 18.4 Å². The summed E-state index contributed by atoms with van der Waals surface area (Å²) in [6.07, 6.45) is 1.45. The molecule has 0 fully saturated rings. The van der Waals surface area contributed by atoms with E-state index in [9.17, 15) is 9.59 Å². The SMILES string of the molecule is COc1ccccc1NC(=O)C(=CNC(=O)c1ccc(C(C)(C)C)cc1)c1cccs1. The largest absolute Gasteiger partial charge is 0.495 e. The van der Waals surface area contributed by atoms with Crippen LogP contribution >= 0.6 is 11.3 Å². The predicted octanol–water partition coefficient (Wildman–Crippen LogP) is 5.46.